The first-order chi connectivity index (χ1) is 11.9. The largest absolute Gasteiger partial charge is 0.472 e. The molecule has 0 unspecified atom stereocenters. The highest BCUT2D eigenvalue weighted by Crippen LogP contribution is 2.19. The van der Waals surface area contributed by atoms with Gasteiger partial charge in [0.25, 0.3) is 15.9 Å². The van der Waals surface area contributed by atoms with Gasteiger partial charge >= 0.3 is 0 Å². The molecule has 2 N–H and O–H groups in total. The normalized spacial score (nSPS) is 11.1. The summed E-state index contributed by atoms with van der Waals surface area (Å²) in [6.07, 6.45) is 2.76. The summed E-state index contributed by atoms with van der Waals surface area (Å²) in [5.41, 5.74) is 2.34. The fourth-order valence-electron chi connectivity index (χ4n) is 2.15. The van der Waals surface area contributed by atoms with Crippen molar-refractivity contribution in [2.24, 2.45) is 0 Å². The Bertz CT molecular complexity index is 961. The van der Waals surface area contributed by atoms with Gasteiger partial charge in [0.1, 0.15) is 6.26 Å². The maximum Gasteiger partial charge on any atom is 0.261 e. The van der Waals surface area contributed by atoms with Crippen LogP contribution in [-0.4, -0.2) is 14.3 Å². The first-order valence-electron chi connectivity index (χ1n) is 7.47. The zero-order valence-corrected chi connectivity index (χ0v) is 14.2. The summed E-state index contributed by atoms with van der Waals surface area (Å²) in [5, 5.41) is 2.70. The molecule has 7 heteroatoms. The second kappa shape index (κ2) is 6.82. The van der Waals surface area contributed by atoms with Crippen LogP contribution in [-0.2, 0) is 10.0 Å². The molecule has 3 aromatic rings. The highest BCUT2D eigenvalue weighted by atomic mass is 32.2. The molecule has 0 radical (unpaired) electrons. The summed E-state index contributed by atoms with van der Waals surface area (Å²) in [4.78, 5) is 12.1. The van der Waals surface area contributed by atoms with Gasteiger partial charge < -0.3 is 9.73 Å². The molecule has 2 aromatic carbocycles. The van der Waals surface area contributed by atoms with Crippen molar-refractivity contribution in [2.75, 3.05) is 10.0 Å². The minimum absolute atomic E-state index is 0.190. The number of hydrogen-bond acceptors (Lipinski definition) is 4. The van der Waals surface area contributed by atoms with E-state index in [0.29, 0.717) is 16.9 Å². The highest BCUT2D eigenvalue weighted by molar-refractivity contribution is 7.92. The molecule has 0 saturated heterocycles. The fourth-order valence-corrected chi connectivity index (χ4v) is 3.21. The monoisotopic (exact) mass is 356 g/mol. The van der Waals surface area contributed by atoms with Gasteiger partial charge in [-0.1, -0.05) is 17.7 Å². The lowest BCUT2D eigenvalue weighted by Crippen LogP contribution is -2.13. The first kappa shape index (κ1) is 16.8. The van der Waals surface area contributed by atoms with Crippen LogP contribution in [0.1, 0.15) is 15.9 Å². The molecule has 1 amide bonds. The second-order valence-electron chi connectivity index (χ2n) is 5.46. The molecule has 0 saturated carbocycles. The quantitative estimate of drug-likeness (QED) is 0.730. The zero-order chi connectivity index (χ0) is 17.9. The lowest BCUT2D eigenvalue weighted by atomic mass is 10.2. The van der Waals surface area contributed by atoms with Crippen LogP contribution in [0.5, 0.6) is 0 Å². The summed E-state index contributed by atoms with van der Waals surface area (Å²) < 4.78 is 32.0. The smallest absolute Gasteiger partial charge is 0.261 e. The van der Waals surface area contributed by atoms with E-state index >= 15 is 0 Å². The number of aryl methyl sites for hydroxylation is 1. The van der Waals surface area contributed by atoms with E-state index in [1.807, 2.05) is 6.92 Å². The number of carbonyl (C=O) groups is 1. The molecular formula is C18H16N2O4S. The second-order valence-corrected chi connectivity index (χ2v) is 7.14. The number of furan rings is 1. The van der Waals surface area contributed by atoms with Crippen molar-refractivity contribution in [1.82, 2.24) is 0 Å². The molecule has 0 fully saturated rings. The third kappa shape index (κ3) is 4.07. The summed E-state index contributed by atoms with van der Waals surface area (Å²) in [7, 11) is -3.65. The van der Waals surface area contributed by atoms with Gasteiger partial charge in [0.05, 0.1) is 16.7 Å². The summed E-state index contributed by atoms with van der Waals surface area (Å²) in [6.45, 7) is 1.89. The topological polar surface area (TPSA) is 88.4 Å². The Balaban J connectivity index is 1.70. The van der Waals surface area contributed by atoms with Crippen LogP contribution in [0.3, 0.4) is 0 Å². The van der Waals surface area contributed by atoms with Crippen LogP contribution in [0.15, 0.2) is 76.4 Å². The molecule has 0 spiro atoms. The average molecular weight is 356 g/mol. The summed E-state index contributed by atoms with van der Waals surface area (Å²) >= 11 is 0. The van der Waals surface area contributed by atoms with Crippen molar-refractivity contribution in [3.8, 4) is 0 Å². The predicted octanol–water partition coefficient (Wildman–Crippen LogP) is 3.64. The molecule has 1 heterocycles. The third-order valence-electron chi connectivity index (χ3n) is 3.51. The van der Waals surface area contributed by atoms with Crippen molar-refractivity contribution in [3.05, 3.63) is 78.3 Å². The Morgan fingerprint density at radius 1 is 0.920 bits per heavy atom. The van der Waals surface area contributed by atoms with Gasteiger partial charge in [0.15, 0.2) is 0 Å². The van der Waals surface area contributed by atoms with Crippen molar-refractivity contribution >= 4 is 27.3 Å². The van der Waals surface area contributed by atoms with E-state index in [1.165, 1.54) is 12.5 Å². The van der Waals surface area contributed by atoms with Gasteiger partial charge in [-0.25, -0.2) is 8.42 Å². The number of amides is 1. The lowest BCUT2D eigenvalue weighted by Gasteiger charge is -2.09. The molecule has 6 nitrogen and oxygen atoms in total. The molecule has 0 aliphatic carbocycles. The Morgan fingerprint density at radius 3 is 2.16 bits per heavy atom. The zero-order valence-electron chi connectivity index (χ0n) is 13.4. The van der Waals surface area contributed by atoms with E-state index in [2.05, 4.69) is 10.0 Å². The van der Waals surface area contributed by atoms with Gasteiger partial charge in [0, 0.05) is 11.4 Å². The summed E-state index contributed by atoms with van der Waals surface area (Å²) in [6, 6.07) is 14.5. The van der Waals surface area contributed by atoms with Gasteiger partial charge in [-0.15, -0.1) is 0 Å². The van der Waals surface area contributed by atoms with E-state index in [0.717, 1.165) is 5.56 Å². The van der Waals surface area contributed by atoms with Crippen LogP contribution in [0.4, 0.5) is 11.4 Å². The van der Waals surface area contributed by atoms with Crippen molar-refractivity contribution in [2.45, 2.75) is 11.8 Å². The van der Waals surface area contributed by atoms with Crippen LogP contribution in [0, 0.1) is 6.92 Å². The molecule has 1 aromatic heterocycles. The molecule has 25 heavy (non-hydrogen) atoms. The SMILES string of the molecule is Cc1ccc(S(=O)(=O)Nc2ccc(NC(=O)c3ccoc3)cc2)cc1. The van der Waals surface area contributed by atoms with E-state index in [4.69, 9.17) is 4.42 Å². The summed E-state index contributed by atoms with van der Waals surface area (Å²) in [5.74, 6) is -0.304. The van der Waals surface area contributed by atoms with Crippen molar-refractivity contribution in [1.29, 1.82) is 0 Å². The average Bonchev–Trinajstić information content (AvgIpc) is 3.11. The maximum absolute atomic E-state index is 12.3. The molecule has 0 atom stereocenters. The molecule has 0 aliphatic heterocycles. The Hall–Kier alpha value is -3.06. The van der Waals surface area contributed by atoms with Crippen LogP contribution in [0.25, 0.3) is 0 Å². The minimum atomic E-state index is -3.65. The third-order valence-corrected chi connectivity index (χ3v) is 4.91. The first-order valence-corrected chi connectivity index (χ1v) is 8.95. The number of sulfonamides is 1. The van der Waals surface area contributed by atoms with Gasteiger partial charge in [-0.3, -0.25) is 9.52 Å². The predicted molar refractivity (Wildman–Crippen MR) is 95.1 cm³/mol. The standard InChI is InChI=1S/C18H16N2O4S/c1-13-2-8-17(9-3-13)25(22,23)20-16-6-4-15(5-7-16)19-18(21)14-10-11-24-12-14/h2-12,20H,1H3,(H,19,21). The molecule has 128 valence electrons. The number of hydrogen-bond donors (Lipinski definition) is 2. The number of carbonyl (C=O) groups excluding carboxylic acids is 1. The highest BCUT2D eigenvalue weighted by Gasteiger charge is 2.14. The molecular weight excluding hydrogens is 340 g/mol. The van der Waals surface area contributed by atoms with E-state index in [1.54, 1.807) is 54.6 Å². The maximum atomic E-state index is 12.3. The van der Waals surface area contributed by atoms with Crippen molar-refractivity contribution in [3.63, 3.8) is 0 Å². The van der Waals surface area contributed by atoms with E-state index < -0.39 is 10.0 Å². The Labute approximate surface area is 145 Å². The molecule has 3 rings (SSSR count). The van der Waals surface area contributed by atoms with E-state index in [9.17, 15) is 13.2 Å². The Morgan fingerprint density at radius 2 is 1.56 bits per heavy atom. The molecule has 0 aliphatic rings. The van der Waals surface area contributed by atoms with Crippen LogP contribution in [0.2, 0.25) is 0 Å². The Kier molecular flexibility index (Phi) is 4.58. The number of anilines is 2. The van der Waals surface area contributed by atoms with Gasteiger partial charge in [0.2, 0.25) is 0 Å². The number of nitrogens with one attached hydrogen (secondary N) is 2. The van der Waals surface area contributed by atoms with Gasteiger partial charge in [-0.05, 0) is 49.4 Å². The van der Waals surface area contributed by atoms with Crippen LogP contribution >= 0.6 is 0 Å². The van der Waals surface area contributed by atoms with Crippen molar-refractivity contribution < 1.29 is 17.6 Å². The van der Waals surface area contributed by atoms with Crippen LogP contribution < -0.4 is 10.0 Å². The number of benzene rings is 2. The van der Waals surface area contributed by atoms with Gasteiger partial charge in [-0.2, -0.15) is 0 Å². The van der Waals surface area contributed by atoms with E-state index in [-0.39, 0.29) is 10.8 Å². The number of rotatable bonds is 5. The minimum Gasteiger partial charge on any atom is -0.472 e. The molecule has 0 bridgehead atoms. The fraction of sp³-hybridized carbons (Fsp3) is 0.0556. The lowest BCUT2D eigenvalue weighted by molar-refractivity contribution is 0.102.